The lowest BCUT2D eigenvalue weighted by atomic mass is 9.69. The van der Waals surface area contributed by atoms with Gasteiger partial charge in [0.15, 0.2) is 0 Å². The highest BCUT2D eigenvalue weighted by Crippen LogP contribution is 2.40. The standard InChI is InChI=1S/C22H34N4O4S/c1-25-14-19(13-20(25)21(23)27)31(29,30)26-10-8-16(9-11-26)22(28)24-18-7-6-15-4-2-3-5-17(15)12-18/h13-18H,2-12H2,1H3,(H2,23,27)(H,24,28)/t15-,17+,18+/m0/s1. The van der Waals surface area contributed by atoms with Crippen molar-refractivity contribution in [1.29, 1.82) is 0 Å². The van der Waals surface area contributed by atoms with E-state index >= 15 is 0 Å². The summed E-state index contributed by atoms with van der Waals surface area (Å²) < 4.78 is 28.8. The number of carbonyl (C=O) groups excluding carboxylic acids is 2. The smallest absolute Gasteiger partial charge is 0.265 e. The number of piperidine rings is 1. The maximum atomic E-state index is 13.0. The van der Waals surface area contributed by atoms with Crippen molar-refractivity contribution in [3.63, 3.8) is 0 Å². The Morgan fingerprint density at radius 1 is 1.03 bits per heavy atom. The van der Waals surface area contributed by atoms with E-state index in [0.717, 1.165) is 24.7 Å². The molecule has 9 heteroatoms. The minimum absolute atomic E-state index is 0.0657. The molecule has 1 aromatic rings. The molecule has 0 bridgehead atoms. The maximum Gasteiger partial charge on any atom is 0.265 e. The number of carbonyl (C=O) groups is 2. The van der Waals surface area contributed by atoms with Gasteiger partial charge in [0.1, 0.15) is 10.6 Å². The molecule has 4 rings (SSSR count). The Kier molecular flexibility index (Phi) is 6.44. The van der Waals surface area contributed by atoms with Crippen molar-refractivity contribution in [3.8, 4) is 0 Å². The van der Waals surface area contributed by atoms with Crippen LogP contribution in [-0.2, 0) is 21.9 Å². The molecule has 3 aliphatic rings. The van der Waals surface area contributed by atoms with Gasteiger partial charge in [-0.05, 0) is 50.0 Å². The molecule has 0 aromatic carbocycles. The van der Waals surface area contributed by atoms with Crippen LogP contribution in [0.1, 0.15) is 68.3 Å². The van der Waals surface area contributed by atoms with Crippen LogP contribution >= 0.6 is 0 Å². The summed E-state index contributed by atoms with van der Waals surface area (Å²) in [6.07, 6.45) is 11.1. The van der Waals surface area contributed by atoms with Crippen LogP contribution in [0.5, 0.6) is 0 Å². The average molecular weight is 451 g/mol. The summed E-state index contributed by atoms with van der Waals surface area (Å²) in [6.45, 7) is 0.604. The Bertz CT molecular complexity index is 933. The largest absolute Gasteiger partial charge is 0.364 e. The third-order valence-corrected chi connectivity index (χ3v) is 9.44. The van der Waals surface area contributed by atoms with Gasteiger partial charge in [-0.2, -0.15) is 4.31 Å². The van der Waals surface area contributed by atoms with Gasteiger partial charge < -0.3 is 15.6 Å². The van der Waals surface area contributed by atoms with Gasteiger partial charge in [-0.25, -0.2) is 8.42 Å². The Hall–Kier alpha value is -1.87. The van der Waals surface area contributed by atoms with Crippen LogP contribution in [0.15, 0.2) is 17.2 Å². The molecule has 0 radical (unpaired) electrons. The van der Waals surface area contributed by atoms with Crippen molar-refractivity contribution in [3.05, 3.63) is 18.0 Å². The summed E-state index contributed by atoms with van der Waals surface area (Å²) in [7, 11) is -2.12. The molecule has 3 atom stereocenters. The molecule has 2 aliphatic carbocycles. The first-order chi connectivity index (χ1) is 14.8. The van der Waals surface area contributed by atoms with Crippen molar-refractivity contribution in [2.24, 2.45) is 30.5 Å². The second-order valence-electron chi connectivity index (χ2n) is 9.54. The molecule has 2 amide bonds. The summed E-state index contributed by atoms with van der Waals surface area (Å²) in [5, 5.41) is 3.27. The van der Waals surface area contributed by atoms with Crippen molar-refractivity contribution in [2.45, 2.75) is 68.7 Å². The lowest BCUT2D eigenvalue weighted by molar-refractivity contribution is -0.127. The lowest BCUT2D eigenvalue weighted by Gasteiger charge is -2.40. The zero-order chi connectivity index (χ0) is 22.2. The summed E-state index contributed by atoms with van der Waals surface area (Å²) >= 11 is 0. The Morgan fingerprint density at radius 3 is 2.35 bits per heavy atom. The molecule has 0 unspecified atom stereocenters. The van der Waals surface area contributed by atoms with Crippen LogP contribution in [0.2, 0.25) is 0 Å². The number of aryl methyl sites for hydroxylation is 1. The lowest BCUT2D eigenvalue weighted by Crippen LogP contribution is -2.47. The Morgan fingerprint density at radius 2 is 1.71 bits per heavy atom. The minimum atomic E-state index is -3.71. The average Bonchev–Trinajstić information content (AvgIpc) is 3.16. The first-order valence-electron chi connectivity index (χ1n) is 11.5. The third-order valence-electron chi connectivity index (χ3n) is 7.58. The van der Waals surface area contributed by atoms with Crippen LogP contribution in [-0.4, -0.2) is 48.2 Å². The van der Waals surface area contributed by atoms with E-state index in [9.17, 15) is 18.0 Å². The monoisotopic (exact) mass is 450 g/mol. The fourth-order valence-corrected chi connectivity index (χ4v) is 7.29. The molecule has 8 nitrogen and oxygen atoms in total. The molecule has 1 aromatic heterocycles. The third kappa shape index (κ3) is 4.67. The van der Waals surface area contributed by atoms with Crippen LogP contribution in [0.3, 0.4) is 0 Å². The van der Waals surface area contributed by atoms with Gasteiger partial charge in [0.2, 0.25) is 15.9 Å². The van der Waals surface area contributed by atoms with Crippen molar-refractivity contribution in [2.75, 3.05) is 13.1 Å². The highest BCUT2D eigenvalue weighted by molar-refractivity contribution is 7.89. The predicted molar refractivity (Wildman–Crippen MR) is 117 cm³/mol. The SMILES string of the molecule is Cn1cc(S(=O)(=O)N2CCC(C(=O)N[C@@H]3CC[C@@H]4CCCC[C@@H]4C3)CC2)cc1C(N)=O. The second kappa shape index (κ2) is 8.94. The van der Waals surface area contributed by atoms with Crippen LogP contribution < -0.4 is 11.1 Å². The number of rotatable bonds is 5. The summed E-state index contributed by atoms with van der Waals surface area (Å²) in [5.74, 6) is 0.875. The topological polar surface area (TPSA) is 114 Å². The maximum absolute atomic E-state index is 13.0. The van der Waals surface area contributed by atoms with E-state index in [1.54, 1.807) is 7.05 Å². The molecule has 0 spiro atoms. The van der Waals surface area contributed by atoms with Crippen LogP contribution in [0.4, 0.5) is 0 Å². The molecule has 2 heterocycles. The van der Waals surface area contributed by atoms with Gasteiger partial charge >= 0.3 is 0 Å². The molecular weight excluding hydrogens is 416 g/mol. The number of sulfonamides is 1. The van der Waals surface area contributed by atoms with Crippen LogP contribution in [0, 0.1) is 17.8 Å². The summed E-state index contributed by atoms with van der Waals surface area (Å²) in [4.78, 5) is 24.4. The van der Waals surface area contributed by atoms with Crippen LogP contribution in [0.25, 0.3) is 0 Å². The number of nitrogens with two attached hydrogens (primary N) is 1. The fraction of sp³-hybridized carbons (Fsp3) is 0.727. The normalized spacial score (nSPS) is 28.1. The number of primary amides is 1. The predicted octanol–water partition coefficient (Wildman–Crippen LogP) is 2.00. The Labute approximate surface area is 184 Å². The number of amides is 2. The van der Waals surface area contributed by atoms with Gasteiger partial charge in [0.25, 0.3) is 5.91 Å². The van der Waals surface area contributed by atoms with Gasteiger partial charge in [-0.15, -0.1) is 0 Å². The number of nitrogens with zero attached hydrogens (tertiary/aromatic N) is 2. The zero-order valence-corrected chi connectivity index (χ0v) is 19.1. The number of nitrogens with one attached hydrogen (secondary N) is 1. The number of hydrogen-bond donors (Lipinski definition) is 2. The summed E-state index contributed by atoms with van der Waals surface area (Å²) in [6, 6.07) is 1.59. The molecular formula is C22H34N4O4S. The van der Waals surface area contributed by atoms with E-state index in [2.05, 4.69) is 5.32 Å². The molecule has 3 N–H and O–H groups in total. The van der Waals surface area contributed by atoms with E-state index in [4.69, 9.17) is 5.73 Å². The van der Waals surface area contributed by atoms with Crippen molar-refractivity contribution in [1.82, 2.24) is 14.2 Å². The zero-order valence-electron chi connectivity index (χ0n) is 18.3. The number of aromatic nitrogens is 1. The first-order valence-corrected chi connectivity index (χ1v) is 13.0. The van der Waals surface area contributed by atoms with E-state index in [1.165, 1.54) is 53.2 Å². The molecule has 2 saturated carbocycles. The van der Waals surface area contributed by atoms with E-state index in [0.29, 0.717) is 25.9 Å². The van der Waals surface area contributed by atoms with Gasteiger partial charge in [-0.1, -0.05) is 25.7 Å². The molecule has 1 aliphatic heterocycles. The van der Waals surface area contributed by atoms with Crippen molar-refractivity contribution >= 4 is 21.8 Å². The van der Waals surface area contributed by atoms with E-state index in [-0.39, 0.29) is 28.5 Å². The summed E-state index contributed by atoms with van der Waals surface area (Å²) in [5.41, 5.74) is 5.45. The molecule has 172 valence electrons. The van der Waals surface area contributed by atoms with Gasteiger partial charge in [0, 0.05) is 38.3 Å². The first kappa shape index (κ1) is 22.3. The second-order valence-corrected chi connectivity index (χ2v) is 11.5. The van der Waals surface area contributed by atoms with Crippen molar-refractivity contribution < 1.29 is 18.0 Å². The van der Waals surface area contributed by atoms with Gasteiger partial charge in [-0.3, -0.25) is 9.59 Å². The highest BCUT2D eigenvalue weighted by atomic mass is 32.2. The quantitative estimate of drug-likeness (QED) is 0.714. The number of hydrogen-bond acceptors (Lipinski definition) is 4. The molecule has 3 fully saturated rings. The van der Waals surface area contributed by atoms with E-state index in [1.807, 2.05) is 0 Å². The fourth-order valence-electron chi connectivity index (χ4n) is 5.75. The highest BCUT2D eigenvalue weighted by Gasteiger charge is 2.36. The molecule has 31 heavy (non-hydrogen) atoms. The van der Waals surface area contributed by atoms with Gasteiger partial charge in [0.05, 0.1) is 0 Å². The number of fused-ring (bicyclic) bond motifs is 1. The minimum Gasteiger partial charge on any atom is -0.364 e. The Balaban J connectivity index is 1.31. The molecule has 1 saturated heterocycles. The van der Waals surface area contributed by atoms with E-state index < -0.39 is 15.9 Å².